The van der Waals surface area contributed by atoms with Crippen LogP contribution in [0, 0.1) is 0 Å². The van der Waals surface area contributed by atoms with Gasteiger partial charge in [-0.2, -0.15) is 5.10 Å². The van der Waals surface area contributed by atoms with E-state index in [-0.39, 0.29) is 0 Å². The van der Waals surface area contributed by atoms with Gasteiger partial charge in [-0.3, -0.25) is 0 Å². The molecule has 0 radical (unpaired) electrons. The van der Waals surface area contributed by atoms with Gasteiger partial charge in [0.15, 0.2) is 5.82 Å². The molecule has 0 bridgehead atoms. The lowest BCUT2D eigenvalue weighted by Gasteiger charge is -2.08. The lowest BCUT2D eigenvalue weighted by Crippen LogP contribution is -2.24. The maximum atomic E-state index is 4.15. The van der Waals surface area contributed by atoms with Gasteiger partial charge in [0.1, 0.15) is 0 Å². The third-order valence-electron chi connectivity index (χ3n) is 3.00. The summed E-state index contributed by atoms with van der Waals surface area (Å²) in [6.45, 7) is 1.87. The number of benzene rings is 1. The predicted molar refractivity (Wildman–Crippen MR) is 69.1 cm³/mol. The molecule has 0 atom stereocenters. The van der Waals surface area contributed by atoms with E-state index in [0.29, 0.717) is 0 Å². The molecule has 1 saturated carbocycles. The summed E-state index contributed by atoms with van der Waals surface area (Å²) in [4.78, 5) is 0. The zero-order valence-corrected chi connectivity index (χ0v) is 9.69. The number of hydrogen-bond acceptors (Lipinski definition) is 4. The Morgan fingerprint density at radius 3 is 2.94 bits per heavy atom. The first-order chi connectivity index (χ1) is 8.43. The fourth-order valence-electron chi connectivity index (χ4n) is 1.90. The molecular weight excluding hydrogens is 212 g/mol. The van der Waals surface area contributed by atoms with Crippen LogP contribution in [0.4, 0.5) is 5.82 Å². The zero-order chi connectivity index (χ0) is 11.5. The van der Waals surface area contributed by atoms with Gasteiger partial charge >= 0.3 is 0 Å². The third-order valence-corrected chi connectivity index (χ3v) is 3.00. The summed E-state index contributed by atoms with van der Waals surface area (Å²) in [5.74, 6) is 0.876. The largest absolute Gasteiger partial charge is 0.367 e. The van der Waals surface area contributed by atoms with Crippen molar-refractivity contribution in [2.45, 2.75) is 18.9 Å². The second-order valence-electron chi connectivity index (χ2n) is 4.44. The van der Waals surface area contributed by atoms with Crippen molar-refractivity contribution in [2.75, 3.05) is 18.4 Å². The quantitative estimate of drug-likeness (QED) is 0.766. The number of nitrogens with zero attached hydrogens (tertiary/aromatic N) is 2. The Bertz CT molecular complexity index is 502. The highest BCUT2D eigenvalue weighted by Crippen LogP contribution is 2.19. The van der Waals surface area contributed by atoms with Gasteiger partial charge in [0.05, 0.1) is 6.20 Å². The van der Waals surface area contributed by atoms with Crippen molar-refractivity contribution < 1.29 is 0 Å². The standard InChI is InChI=1S/C13H16N4/c1-2-4-12-10(3-1)9-16-17-13(12)15-8-7-14-11-5-6-11/h1-4,9,11,14H,5-8H2,(H,15,17). The van der Waals surface area contributed by atoms with E-state index >= 15 is 0 Å². The van der Waals surface area contributed by atoms with Crippen molar-refractivity contribution in [3.8, 4) is 0 Å². The molecule has 1 aromatic heterocycles. The van der Waals surface area contributed by atoms with Gasteiger partial charge in [-0.15, -0.1) is 5.10 Å². The number of anilines is 1. The zero-order valence-electron chi connectivity index (χ0n) is 9.69. The van der Waals surface area contributed by atoms with Crippen molar-refractivity contribution >= 4 is 16.6 Å². The molecule has 0 aliphatic heterocycles. The van der Waals surface area contributed by atoms with Crippen LogP contribution in [0.3, 0.4) is 0 Å². The van der Waals surface area contributed by atoms with Crippen LogP contribution < -0.4 is 10.6 Å². The average Bonchev–Trinajstić information content (AvgIpc) is 3.19. The summed E-state index contributed by atoms with van der Waals surface area (Å²) >= 11 is 0. The Hall–Kier alpha value is -1.68. The van der Waals surface area contributed by atoms with Crippen LogP contribution >= 0.6 is 0 Å². The number of fused-ring (bicyclic) bond motifs is 1. The molecule has 2 aromatic rings. The molecule has 1 fully saturated rings. The predicted octanol–water partition coefficient (Wildman–Crippen LogP) is 1.79. The van der Waals surface area contributed by atoms with Crippen molar-refractivity contribution in [1.29, 1.82) is 0 Å². The summed E-state index contributed by atoms with van der Waals surface area (Å²) in [5, 5.41) is 17.2. The van der Waals surface area contributed by atoms with Gasteiger partial charge in [0.25, 0.3) is 0 Å². The molecule has 88 valence electrons. The summed E-state index contributed by atoms with van der Waals surface area (Å²) in [6, 6.07) is 8.92. The third kappa shape index (κ3) is 2.53. The van der Waals surface area contributed by atoms with E-state index < -0.39 is 0 Å². The maximum absolute atomic E-state index is 4.15. The molecule has 4 nitrogen and oxygen atoms in total. The molecule has 1 aromatic carbocycles. The highest BCUT2D eigenvalue weighted by molar-refractivity contribution is 5.90. The van der Waals surface area contributed by atoms with E-state index in [1.807, 2.05) is 12.1 Å². The molecule has 1 aliphatic rings. The first kappa shape index (κ1) is 10.5. The van der Waals surface area contributed by atoms with E-state index in [1.165, 1.54) is 12.8 Å². The normalized spacial score (nSPS) is 15.1. The molecule has 17 heavy (non-hydrogen) atoms. The molecule has 4 heteroatoms. The average molecular weight is 228 g/mol. The second kappa shape index (κ2) is 4.67. The van der Waals surface area contributed by atoms with Crippen LogP contribution in [0.15, 0.2) is 30.5 Å². The fourth-order valence-corrected chi connectivity index (χ4v) is 1.90. The van der Waals surface area contributed by atoms with Gasteiger partial charge in [-0.1, -0.05) is 24.3 Å². The Labute approximate surface area is 100 Å². The molecular formula is C13H16N4. The number of hydrogen-bond donors (Lipinski definition) is 2. The monoisotopic (exact) mass is 228 g/mol. The van der Waals surface area contributed by atoms with Crippen molar-refractivity contribution in [1.82, 2.24) is 15.5 Å². The van der Waals surface area contributed by atoms with Crippen molar-refractivity contribution in [3.05, 3.63) is 30.5 Å². The second-order valence-corrected chi connectivity index (χ2v) is 4.44. The summed E-state index contributed by atoms with van der Waals surface area (Å²) in [5.41, 5.74) is 0. The van der Waals surface area contributed by atoms with Crippen molar-refractivity contribution in [3.63, 3.8) is 0 Å². The highest BCUT2D eigenvalue weighted by atomic mass is 15.2. The fraction of sp³-hybridized carbons (Fsp3) is 0.385. The Morgan fingerprint density at radius 1 is 1.18 bits per heavy atom. The Balaban J connectivity index is 1.66. The molecule has 1 aliphatic carbocycles. The molecule has 0 amide bonds. The molecule has 0 saturated heterocycles. The maximum Gasteiger partial charge on any atom is 0.156 e. The van der Waals surface area contributed by atoms with Crippen LogP contribution in [-0.4, -0.2) is 29.3 Å². The van der Waals surface area contributed by atoms with Crippen LogP contribution in [0.2, 0.25) is 0 Å². The molecule has 1 heterocycles. The Morgan fingerprint density at radius 2 is 2.06 bits per heavy atom. The highest BCUT2D eigenvalue weighted by Gasteiger charge is 2.19. The minimum atomic E-state index is 0.760. The molecule has 2 N–H and O–H groups in total. The lowest BCUT2D eigenvalue weighted by atomic mass is 10.2. The molecule has 0 spiro atoms. The number of nitrogens with one attached hydrogen (secondary N) is 2. The van der Waals surface area contributed by atoms with Gasteiger partial charge in [0, 0.05) is 29.9 Å². The topological polar surface area (TPSA) is 49.8 Å². The Kier molecular flexibility index (Phi) is 2.88. The summed E-state index contributed by atoms with van der Waals surface area (Å²) in [7, 11) is 0. The minimum Gasteiger partial charge on any atom is -0.367 e. The van der Waals surface area contributed by atoms with Crippen LogP contribution in [0.25, 0.3) is 10.8 Å². The van der Waals surface area contributed by atoms with Crippen LogP contribution in [-0.2, 0) is 0 Å². The van der Waals surface area contributed by atoms with E-state index in [0.717, 1.165) is 35.7 Å². The van der Waals surface area contributed by atoms with Crippen LogP contribution in [0.5, 0.6) is 0 Å². The smallest absolute Gasteiger partial charge is 0.156 e. The first-order valence-electron chi connectivity index (χ1n) is 6.11. The van der Waals surface area contributed by atoms with Gasteiger partial charge in [-0.25, -0.2) is 0 Å². The minimum absolute atomic E-state index is 0.760. The summed E-state index contributed by atoms with van der Waals surface area (Å²) < 4.78 is 0. The van der Waals surface area contributed by atoms with E-state index in [4.69, 9.17) is 0 Å². The van der Waals surface area contributed by atoms with Crippen LogP contribution in [0.1, 0.15) is 12.8 Å². The van der Waals surface area contributed by atoms with E-state index in [9.17, 15) is 0 Å². The number of rotatable bonds is 5. The molecule has 0 unspecified atom stereocenters. The van der Waals surface area contributed by atoms with Gasteiger partial charge in [0.2, 0.25) is 0 Å². The SMILES string of the molecule is c1ccc2c(NCCNC3CC3)nncc2c1. The van der Waals surface area contributed by atoms with Gasteiger partial charge in [-0.05, 0) is 12.8 Å². The number of aromatic nitrogens is 2. The van der Waals surface area contributed by atoms with Gasteiger partial charge < -0.3 is 10.6 Å². The first-order valence-corrected chi connectivity index (χ1v) is 6.11. The van der Waals surface area contributed by atoms with Crippen molar-refractivity contribution in [2.24, 2.45) is 0 Å². The van der Waals surface area contributed by atoms with E-state index in [1.54, 1.807) is 6.20 Å². The lowest BCUT2D eigenvalue weighted by molar-refractivity contribution is 0.700. The van der Waals surface area contributed by atoms with E-state index in [2.05, 4.69) is 33.0 Å². The molecule has 3 rings (SSSR count). The summed E-state index contributed by atoms with van der Waals surface area (Å²) in [6.07, 6.45) is 4.45.